The molecular formula is C4H11ClO3S. The zero-order valence-corrected chi connectivity index (χ0v) is 7.29. The average molecular weight is 175 g/mol. The molecule has 0 heterocycles. The molecule has 0 bridgehead atoms. The van der Waals surface area contributed by atoms with Crippen molar-refractivity contribution in [2.45, 2.75) is 6.92 Å². The van der Waals surface area contributed by atoms with E-state index >= 15 is 0 Å². The van der Waals surface area contributed by atoms with Crippen LogP contribution in [-0.4, -0.2) is 27.7 Å². The minimum atomic E-state index is -3.16. The summed E-state index contributed by atoms with van der Waals surface area (Å²) < 4.78 is 23.5. The standard InChI is InChI=1S/C2H5Cl.C2H6O3S/c1-2-3;1-5-6(2,3)4/h2H2,1H3;1-2H3. The van der Waals surface area contributed by atoms with E-state index in [0.29, 0.717) is 0 Å². The third-order valence-electron chi connectivity index (χ3n) is 0.303. The van der Waals surface area contributed by atoms with Gasteiger partial charge in [-0.3, -0.25) is 4.18 Å². The topological polar surface area (TPSA) is 43.4 Å². The minimum Gasteiger partial charge on any atom is -0.274 e. The molecule has 0 unspecified atom stereocenters. The monoisotopic (exact) mass is 174 g/mol. The molecule has 0 aliphatic carbocycles. The summed E-state index contributed by atoms with van der Waals surface area (Å²) in [6, 6.07) is 0. The predicted octanol–water partition coefficient (Wildman–Crippen LogP) is 0.838. The van der Waals surface area contributed by atoms with Crippen molar-refractivity contribution >= 4 is 21.7 Å². The highest BCUT2D eigenvalue weighted by atomic mass is 35.5. The SMILES string of the molecule is CCCl.COS(C)(=O)=O. The van der Waals surface area contributed by atoms with E-state index in [1.165, 1.54) is 0 Å². The Morgan fingerprint density at radius 3 is 1.67 bits per heavy atom. The summed E-state index contributed by atoms with van der Waals surface area (Å²) in [6.45, 7) is 1.89. The van der Waals surface area contributed by atoms with Gasteiger partial charge in [0.25, 0.3) is 10.1 Å². The van der Waals surface area contributed by atoms with E-state index in [0.717, 1.165) is 19.2 Å². The summed E-state index contributed by atoms with van der Waals surface area (Å²) in [5.74, 6) is 0.722. The van der Waals surface area contributed by atoms with Crippen LogP contribution in [0.25, 0.3) is 0 Å². The van der Waals surface area contributed by atoms with Gasteiger partial charge in [-0.05, 0) is 0 Å². The molecule has 0 N–H and O–H groups in total. The van der Waals surface area contributed by atoms with Crippen molar-refractivity contribution in [1.82, 2.24) is 0 Å². The van der Waals surface area contributed by atoms with E-state index in [4.69, 9.17) is 11.6 Å². The largest absolute Gasteiger partial charge is 0.274 e. The second-order valence-corrected chi connectivity index (χ2v) is 3.41. The Kier molecular flexibility index (Phi) is 8.38. The van der Waals surface area contributed by atoms with Crippen molar-refractivity contribution in [2.75, 3.05) is 19.2 Å². The molecule has 3 nitrogen and oxygen atoms in total. The van der Waals surface area contributed by atoms with Crippen LogP contribution in [0.3, 0.4) is 0 Å². The number of rotatable bonds is 1. The zero-order valence-electron chi connectivity index (χ0n) is 5.72. The van der Waals surface area contributed by atoms with Gasteiger partial charge in [0.1, 0.15) is 0 Å². The van der Waals surface area contributed by atoms with Gasteiger partial charge in [0.15, 0.2) is 0 Å². The van der Waals surface area contributed by atoms with Crippen LogP contribution in [0.2, 0.25) is 0 Å². The van der Waals surface area contributed by atoms with E-state index in [-0.39, 0.29) is 0 Å². The first-order valence-corrected chi connectivity index (χ1v) is 4.64. The lowest BCUT2D eigenvalue weighted by Gasteiger charge is -1.84. The summed E-state index contributed by atoms with van der Waals surface area (Å²) in [6.07, 6.45) is 0.993. The fourth-order valence-electron chi connectivity index (χ4n) is 0. The summed E-state index contributed by atoms with van der Waals surface area (Å²) in [5, 5.41) is 0. The molecule has 0 aromatic carbocycles. The van der Waals surface area contributed by atoms with Gasteiger partial charge in [0.2, 0.25) is 0 Å². The van der Waals surface area contributed by atoms with E-state index in [9.17, 15) is 8.42 Å². The average Bonchev–Trinajstić information content (AvgIpc) is 1.67. The lowest BCUT2D eigenvalue weighted by atomic mass is 11.0. The number of hydrogen-bond donors (Lipinski definition) is 0. The molecular weight excluding hydrogens is 164 g/mol. The summed E-state index contributed by atoms with van der Waals surface area (Å²) in [5.41, 5.74) is 0. The van der Waals surface area contributed by atoms with Crippen LogP contribution < -0.4 is 0 Å². The highest BCUT2D eigenvalue weighted by molar-refractivity contribution is 7.85. The molecule has 0 aliphatic rings. The van der Waals surface area contributed by atoms with E-state index in [1.807, 2.05) is 6.92 Å². The molecule has 0 aromatic rings. The van der Waals surface area contributed by atoms with E-state index < -0.39 is 10.1 Å². The van der Waals surface area contributed by atoms with Gasteiger partial charge in [-0.15, -0.1) is 11.6 Å². The first-order valence-electron chi connectivity index (χ1n) is 2.29. The van der Waals surface area contributed by atoms with Crippen molar-refractivity contribution in [3.05, 3.63) is 0 Å². The second kappa shape index (κ2) is 6.32. The maximum Gasteiger partial charge on any atom is 0.264 e. The van der Waals surface area contributed by atoms with Crippen molar-refractivity contribution < 1.29 is 12.6 Å². The van der Waals surface area contributed by atoms with Crippen LogP contribution in [0.15, 0.2) is 0 Å². The highest BCUT2D eigenvalue weighted by Crippen LogP contribution is 1.75. The molecule has 0 aliphatic heterocycles. The van der Waals surface area contributed by atoms with Crippen LogP contribution in [0, 0.1) is 0 Å². The van der Waals surface area contributed by atoms with Gasteiger partial charge in [0.05, 0.1) is 13.4 Å². The molecule has 0 atom stereocenters. The van der Waals surface area contributed by atoms with Gasteiger partial charge < -0.3 is 0 Å². The quantitative estimate of drug-likeness (QED) is 0.437. The first-order chi connectivity index (χ1) is 3.97. The van der Waals surface area contributed by atoms with Crippen LogP contribution in [0.5, 0.6) is 0 Å². The molecule has 5 heteroatoms. The predicted molar refractivity (Wildman–Crippen MR) is 38.2 cm³/mol. The van der Waals surface area contributed by atoms with Crippen LogP contribution in [-0.2, 0) is 14.3 Å². The Morgan fingerprint density at radius 2 is 1.67 bits per heavy atom. The number of hydrogen-bond acceptors (Lipinski definition) is 3. The summed E-state index contributed by atoms with van der Waals surface area (Å²) >= 11 is 5.00. The van der Waals surface area contributed by atoms with Crippen LogP contribution in [0.4, 0.5) is 0 Å². The Hall–Kier alpha value is 0.200. The molecule has 0 amide bonds. The fraction of sp³-hybridized carbons (Fsp3) is 1.00. The number of alkyl halides is 1. The molecule has 0 spiro atoms. The normalized spacial score (nSPS) is 9.78. The van der Waals surface area contributed by atoms with E-state index in [1.54, 1.807) is 0 Å². The minimum absolute atomic E-state index is 0.722. The Morgan fingerprint density at radius 1 is 1.56 bits per heavy atom. The zero-order chi connectivity index (χ0) is 7.91. The van der Waals surface area contributed by atoms with Gasteiger partial charge in [-0.1, -0.05) is 6.92 Å². The molecule has 0 saturated carbocycles. The highest BCUT2D eigenvalue weighted by Gasteiger charge is 1.90. The summed E-state index contributed by atoms with van der Waals surface area (Å²) in [4.78, 5) is 0. The van der Waals surface area contributed by atoms with Gasteiger partial charge >= 0.3 is 0 Å². The van der Waals surface area contributed by atoms with E-state index in [2.05, 4.69) is 4.18 Å². The fourth-order valence-corrected chi connectivity index (χ4v) is 0. The third-order valence-corrected chi connectivity index (χ3v) is 0.908. The molecule has 0 saturated heterocycles. The molecule has 0 rings (SSSR count). The maximum absolute atomic E-state index is 9.78. The lowest BCUT2D eigenvalue weighted by molar-refractivity contribution is 0.403. The molecule has 9 heavy (non-hydrogen) atoms. The molecule has 58 valence electrons. The molecule has 0 radical (unpaired) electrons. The smallest absolute Gasteiger partial charge is 0.264 e. The lowest BCUT2D eigenvalue weighted by Crippen LogP contribution is -1.95. The van der Waals surface area contributed by atoms with Crippen molar-refractivity contribution in [1.29, 1.82) is 0 Å². The van der Waals surface area contributed by atoms with Crippen molar-refractivity contribution in [3.8, 4) is 0 Å². The van der Waals surface area contributed by atoms with Crippen molar-refractivity contribution in [2.24, 2.45) is 0 Å². The van der Waals surface area contributed by atoms with Gasteiger partial charge in [-0.2, -0.15) is 8.42 Å². The van der Waals surface area contributed by atoms with Crippen molar-refractivity contribution in [3.63, 3.8) is 0 Å². The molecule has 0 fully saturated rings. The van der Waals surface area contributed by atoms with Gasteiger partial charge in [-0.25, -0.2) is 0 Å². The number of halogens is 1. The maximum atomic E-state index is 9.78. The summed E-state index contributed by atoms with van der Waals surface area (Å²) in [7, 11) is -2.04. The first kappa shape index (κ1) is 11.9. The van der Waals surface area contributed by atoms with Gasteiger partial charge in [0, 0.05) is 5.88 Å². The Balaban J connectivity index is 0. The van der Waals surface area contributed by atoms with Crippen LogP contribution in [0.1, 0.15) is 6.92 Å². The second-order valence-electron chi connectivity index (χ2n) is 1.14. The molecule has 0 aromatic heterocycles. The van der Waals surface area contributed by atoms with Crippen LogP contribution >= 0.6 is 11.6 Å². The Labute approximate surface area is 61.1 Å². The Bertz CT molecular complexity index is 129. The third kappa shape index (κ3) is 30.8.